The van der Waals surface area contributed by atoms with E-state index >= 15 is 0 Å². The lowest BCUT2D eigenvalue weighted by Crippen LogP contribution is -2.26. The predicted octanol–water partition coefficient (Wildman–Crippen LogP) is 4.46. The lowest BCUT2D eigenvalue weighted by atomic mass is 9.83. The van der Waals surface area contributed by atoms with Crippen molar-refractivity contribution in [2.75, 3.05) is 6.54 Å². The Labute approximate surface area is 117 Å². The van der Waals surface area contributed by atoms with Crippen molar-refractivity contribution in [3.63, 3.8) is 0 Å². The van der Waals surface area contributed by atoms with Crippen molar-refractivity contribution < 1.29 is 4.42 Å². The summed E-state index contributed by atoms with van der Waals surface area (Å²) in [7, 11) is 0. The number of rotatable bonds is 6. The molecular weight excluding hydrogens is 234 g/mol. The largest absolute Gasteiger partial charge is 0.469 e. The number of aryl methyl sites for hydroxylation is 1. The van der Waals surface area contributed by atoms with Crippen molar-refractivity contribution in [2.24, 2.45) is 17.8 Å². The van der Waals surface area contributed by atoms with Gasteiger partial charge in [0, 0.05) is 11.6 Å². The fourth-order valence-corrected chi connectivity index (χ4v) is 4.36. The van der Waals surface area contributed by atoms with E-state index in [0.29, 0.717) is 6.04 Å². The Kier molecular flexibility index (Phi) is 3.97. The summed E-state index contributed by atoms with van der Waals surface area (Å²) >= 11 is 0. The Bertz CT molecular complexity index is 411. The number of fused-ring (bicyclic) bond motifs is 2. The third-order valence-electron chi connectivity index (χ3n) is 5.34. The Balaban J connectivity index is 1.67. The Morgan fingerprint density at radius 1 is 1.37 bits per heavy atom. The summed E-state index contributed by atoms with van der Waals surface area (Å²) in [6.45, 7) is 5.44. The van der Waals surface area contributed by atoms with Crippen LogP contribution in [0.15, 0.2) is 16.7 Å². The van der Waals surface area contributed by atoms with Crippen LogP contribution in [0.2, 0.25) is 0 Å². The van der Waals surface area contributed by atoms with Crippen molar-refractivity contribution in [2.45, 2.75) is 58.4 Å². The van der Waals surface area contributed by atoms with Crippen LogP contribution in [0.25, 0.3) is 0 Å². The van der Waals surface area contributed by atoms with Crippen LogP contribution >= 0.6 is 0 Å². The van der Waals surface area contributed by atoms with Gasteiger partial charge in [0.2, 0.25) is 0 Å². The predicted molar refractivity (Wildman–Crippen MR) is 78.0 cm³/mol. The van der Waals surface area contributed by atoms with E-state index in [1.807, 2.05) is 6.26 Å². The molecule has 4 atom stereocenters. The lowest BCUT2D eigenvalue weighted by molar-refractivity contribution is 0.278. The topological polar surface area (TPSA) is 25.2 Å². The van der Waals surface area contributed by atoms with Crippen LogP contribution in [-0.4, -0.2) is 6.54 Å². The lowest BCUT2D eigenvalue weighted by Gasteiger charge is -2.27. The molecule has 2 bridgehead atoms. The van der Waals surface area contributed by atoms with Gasteiger partial charge in [-0.1, -0.05) is 13.3 Å². The van der Waals surface area contributed by atoms with Crippen LogP contribution in [0.4, 0.5) is 0 Å². The van der Waals surface area contributed by atoms with Gasteiger partial charge < -0.3 is 9.73 Å². The molecule has 2 saturated carbocycles. The van der Waals surface area contributed by atoms with Gasteiger partial charge in [-0.3, -0.25) is 0 Å². The third kappa shape index (κ3) is 2.74. The molecule has 0 spiro atoms. The number of furan rings is 1. The highest BCUT2D eigenvalue weighted by molar-refractivity contribution is 5.20. The molecule has 2 fully saturated rings. The summed E-state index contributed by atoms with van der Waals surface area (Å²) < 4.78 is 5.51. The molecule has 0 radical (unpaired) electrons. The number of nitrogens with one attached hydrogen (secondary N) is 1. The Hall–Kier alpha value is -0.760. The first-order chi connectivity index (χ1) is 9.28. The van der Waals surface area contributed by atoms with Gasteiger partial charge >= 0.3 is 0 Å². The average molecular weight is 261 g/mol. The molecule has 3 rings (SSSR count). The molecule has 2 heteroatoms. The van der Waals surface area contributed by atoms with Gasteiger partial charge in [0.25, 0.3) is 0 Å². The van der Waals surface area contributed by atoms with Crippen LogP contribution < -0.4 is 5.32 Å². The van der Waals surface area contributed by atoms with E-state index in [1.54, 1.807) is 0 Å². The summed E-state index contributed by atoms with van der Waals surface area (Å²) in [5.41, 5.74) is 1.39. The molecule has 1 heterocycles. The van der Waals surface area contributed by atoms with Gasteiger partial charge in [0.05, 0.1) is 6.26 Å². The molecule has 2 aliphatic rings. The highest BCUT2D eigenvalue weighted by Crippen LogP contribution is 2.51. The molecule has 0 amide bonds. The molecule has 2 aliphatic carbocycles. The summed E-state index contributed by atoms with van der Waals surface area (Å²) in [5, 5.41) is 3.74. The van der Waals surface area contributed by atoms with Crippen LogP contribution in [0.1, 0.15) is 62.8 Å². The van der Waals surface area contributed by atoms with Gasteiger partial charge in [0.15, 0.2) is 0 Å². The third-order valence-corrected chi connectivity index (χ3v) is 5.34. The molecule has 106 valence electrons. The van der Waals surface area contributed by atoms with Gasteiger partial charge in [-0.2, -0.15) is 0 Å². The maximum absolute atomic E-state index is 5.51. The van der Waals surface area contributed by atoms with Crippen LogP contribution in [0.5, 0.6) is 0 Å². The van der Waals surface area contributed by atoms with E-state index in [2.05, 4.69) is 25.2 Å². The minimum absolute atomic E-state index is 0.503. The second-order valence-electron chi connectivity index (χ2n) is 6.61. The molecule has 1 aromatic rings. The van der Waals surface area contributed by atoms with Gasteiger partial charge in [-0.25, -0.2) is 0 Å². The molecule has 2 nitrogen and oxygen atoms in total. The molecule has 19 heavy (non-hydrogen) atoms. The highest BCUT2D eigenvalue weighted by Gasteiger charge is 2.40. The maximum atomic E-state index is 5.51. The van der Waals surface area contributed by atoms with Gasteiger partial charge in [-0.05, 0) is 69.4 Å². The van der Waals surface area contributed by atoms with E-state index < -0.39 is 0 Å². The smallest absolute Gasteiger partial charge is 0.105 e. The summed E-state index contributed by atoms with van der Waals surface area (Å²) in [4.78, 5) is 0. The van der Waals surface area contributed by atoms with Crippen molar-refractivity contribution in [3.8, 4) is 0 Å². The molecule has 4 unspecified atom stereocenters. The molecule has 0 saturated heterocycles. The van der Waals surface area contributed by atoms with E-state index in [-0.39, 0.29) is 0 Å². The SMILES string of the molecule is CCCNC(CC1CC2CCC1C2)c1ccoc1C. The van der Waals surface area contributed by atoms with E-state index in [0.717, 1.165) is 30.1 Å². The Morgan fingerprint density at radius 2 is 2.26 bits per heavy atom. The zero-order valence-corrected chi connectivity index (χ0v) is 12.3. The van der Waals surface area contributed by atoms with Crippen molar-refractivity contribution >= 4 is 0 Å². The Morgan fingerprint density at radius 3 is 2.84 bits per heavy atom. The second-order valence-corrected chi connectivity index (χ2v) is 6.61. The van der Waals surface area contributed by atoms with Crippen LogP contribution in [-0.2, 0) is 0 Å². The molecular formula is C17H27NO. The zero-order valence-electron chi connectivity index (χ0n) is 12.3. The average Bonchev–Trinajstić information content (AvgIpc) is 3.10. The molecule has 1 aromatic heterocycles. The van der Waals surface area contributed by atoms with E-state index in [4.69, 9.17) is 4.42 Å². The molecule has 0 aliphatic heterocycles. The highest BCUT2D eigenvalue weighted by atomic mass is 16.3. The fraction of sp³-hybridized carbons (Fsp3) is 0.765. The first-order valence-corrected chi connectivity index (χ1v) is 8.05. The van der Waals surface area contributed by atoms with Crippen LogP contribution in [0, 0.1) is 24.7 Å². The maximum Gasteiger partial charge on any atom is 0.105 e. The quantitative estimate of drug-likeness (QED) is 0.818. The number of hydrogen-bond acceptors (Lipinski definition) is 2. The summed E-state index contributed by atoms with van der Waals surface area (Å²) in [6.07, 6.45) is 10.3. The minimum atomic E-state index is 0.503. The van der Waals surface area contributed by atoms with Crippen molar-refractivity contribution in [1.29, 1.82) is 0 Å². The van der Waals surface area contributed by atoms with Crippen LogP contribution in [0.3, 0.4) is 0 Å². The van der Waals surface area contributed by atoms with Crippen molar-refractivity contribution in [1.82, 2.24) is 5.32 Å². The van der Waals surface area contributed by atoms with E-state index in [1.165, 1.54) is 44.1 Å². The van der Waals surface area contributed by atoms with Gasteiger partial charge in [-0.15, -0.1) is 0 Å². The van der Waals surface area contributed by atoms with Gasteiger partial charge in [0.1, 0.15) is 5.76 Å². The minimum Gasteiger partial charge on any atom is -0.469 e. The normalized spacial score (nSPS) is 30.9. The summed E-state index contributed by atoms with van der Waals surface area (Å²) in [5.74, 6) is 4.11. The zero-order chi connectivity index (χ0) is 13.2. The molecule has 0 aromatic carbocycles. The number of hydrogen-bond donors (Lipinski definition) is 1. The summed E-state index contributed by atoms with van der Waals surface area (Å²) in [6, 6.07) is 2.67. The fourth-order valence-electron chi connectivity index (χ4n) is 4.36. The van der Waals surface area contributed by atoms with Crippen molar-refractivity contribution in [3.05, 3.63) is 23.7 Å². The standard InChI is InChI=1S/C17H27NO/c1-3-7-18-17(16-6-8-19-12(16)2)11-15-10-13-4-5-14(15)9-13/h6,8,13-15,17-18H,3-5,7,9-11H2,1-2H3. The first-order valence-electron chi connectivity index (χ1n) is 8.05. The first kappa shape index (κ1) is 13.2. The second kappa shape index (κ2) is 5.70. The monoisotopic (exact) mass is 261 g/mol. The molecule has 1 N–H and O–H groups in total. The van der Waals surface area contributed by atoms with E-state index in [9.17, 15) is 0 Å².